The number of alkyl halides is 3. The summed E-state index contributed by atoms with van der Waals surface area (Å²) in [5.41, 5.74) is 2.49. The highest BCUT2D eigenvalue weighted by Gasteiger charge is 2.45. The van der Waals surface area contributed by atoms with Crippen LogP contribution in [-0.2, 0) is 19.7 Å². The fourth-order valence-electron chi connectivity index (χ4n) is 4.20. The molecule has 0 aliphatic carbocycles. The standard InChI is InChI=1S/C27H20F3N7O4S/c1-17-5-7-20(8-6-17)37(41-26(38)27(28,29)30)42(39,40)21-4-2-3-18(13-21)23(9-11-31)36-15-19(14-35-36)24-22-10-12-32-25(22)34-16-33-24/h2-8,10,12-16,23H,9H2,1H3,(H,32,33,34). The molecule has 2 aromatic carbocycles. The van der Waals surface area contributed by atoms with Gasteiger partial charge in [0.05, 0.1) is 41.0 Å². The molecular weight excluding hydrogens is 575 g/mol. The van der Waals surface area contributed by atoms with E-state index in [-0.39, 0.29) is 16.6 Å². The van der Waals surface area contributed by atoms with Crippen LogP contribution in [0.5, 0.6) is 0 Å². The quantitative estimate of drug-likeness (QED) is 0.251. The molecule has 42 heavy (non-hydrogen) atoms. The van der Waals surface area contributed by atoms with Gasteiger partial charge in [0.25, 0.3) is 10.0 Å². The Labute approximate surface area is 236 Å². The third-order valence-electron chi connectivity index (χ3n) is 6.23. The van der Waals surface area contributed by atoms with Gasteiger partial charge >= 0.3 is 12.1 Å². The van der Waals surface area contributed by atoms with Gasteiger partial charge in [-0.1, -0.05) is 34.3 Å². The number of halogens is 3. The lowest BCUT2D eigenvalue weighted by Gasteiger charge is -2.24. The van der Waals surface area contributed by atoms with E-state index in [9.17, 15) is 31.6 Å². The van der Waals surface area contributed by atoms with Crippen LogP contribution in [-0.4, -0.2) is 45.3 Å². The molecule has 3 heterocycles. The average Bonchev–Trinajstić information content (AvgIpc) is 3.65. The van der Waals surface area contributed by atoms with Crippen LogP contribution in [0.4, 0.5) is 18.9 Å². The third kappa shape index (κ3) is 5.52. The molecular formula is C27H20F3N7O4S. The number of aromatic amines is 1. The highest BCUT2D eigenvalue weighted by atomic mass is 32.2. The van der Waals surface area contributed by atoms with Crippen molar-refractivity contribution >= 4 is 32.7 Å². The molecule has 0 aliphatic rings. The molecule has 0 aliphatic heterocycles. The lowest BCUT2D eigenvalue weighted by atomic mass is 10.0. The second-order valence-electron chi connectivity index (χ2n) is 9.07. The van der Waals surface area contributed by atoms with Crippen LogP contribution in [0.3, 0.4) is 0 Å². The monoisotopic (exact) mass is 595 g/mol. The molecule has 5 rings (SSSR count). The number of sulfonamides is 1. The minimum atomic E-state index is -5.45. The second kappa shape index (κ2) is 11.0. The maximum absolute atomic E-state index is 13.6. The van der Waals surface area contributed by atoms with Gasteiger partial charge in [-0.2, -0.15) is 31.9 Å². The second-order valence-corrected chi connectivity index (χ2v) is 10.8. The number of H-pyrrole nitrogens is 1. The number of carbonyl (C=O) groups is 1. The summed E-state index contributed by atoms with van der Waals surface area (Å²) in [5.74, 6) is -2.71. The van der Waals surface area contributed by atoms with E-state index in [1.54, 1.807) is 31.5 Å². The van der Waals surface area contributed by atoms with Gasteiger partial charge < -0.3 is 9.82 Å². The number of carbonyl (C=O) groups excluding carboxylic acids is 1. The van der Waals surface area contributed by atoms with E-state index in [4.69, 9.17) is 0 Å². The Balaban J connectivity index is 1.53. The lowest BCUT2D eigenvalue weighted by Crippen LogP contribution is -2.38. The van der Waals surface area contributed by atoms with Crippen molar-refractivity contribution in [3.63, 3.8) is 0 Å². The first-order valence-corrected chi connectivity index (χ1v) is 13.6. The number of anilines is 1. The molecule has 0 spiro atoms. The fraction of sp³-hybridized carbons (Fsp3) is 0.148. The SMILES string of the molecule is Cc1ccc(N(OC(=O)C(F)(F)F)S(=O)(=O)c2cccc(C(CC#N)n3cc(-c4ncnc5[nH]ccc45)cn3)c2)cc1. The Morgan fingerprint density at radius 3 is 2.64 bits per heavy atom. The summed E-state index contributed by atoms with van der Waals surface area (Å²) >= 11 is 0. The Morgan fingerprint density at radius 2 is 1.93 bits per heavy atom. The highest BCUT2D eigenvalue weighted by Crippen LogP contribution is 2.31. The molecule has 1 atom stereocenters. The lowest BCUT2D eigenvalue weighted by molar-refractivity contribution is -0.199. The number of nitriles is 1. The molecule has 11 nitrogen and oxygen atoms in total. The number of hydrogen-bond acceptors (Lipinski definition) is 8. The number of rotatable bonds is 8. The van der Waals surface area contributed by atoms with Crippen molar-refractivity contribution in [2.75, 3.05) is 4.47 Å². The van der Waals surface area contributed by atoms with Gasteiger partial charge in [0.1, 0.15) is 12.0 Å². The van der Waals surface area contributed by atoms with Crippen LogP contribution in [0.25, 0.3) is 22.3 Å². The van der Waals surface area contributed by atoms with E-state index in [0.29, 0.717) is 28.0 Å². The summed E-state index contributed by atoms with van der Waals surface area (Å²) in [6.07, 6.45) is 0.697. The smallest absolute Gasteiger partial charge is 0.346 e. The number of hydrogen-bond donors (Lipinski definition) is 1. The molecule has 214 valence electrons. The number of aromatic nitrogens is 5. The normalized spacial score (nSPS) is 12.5. The summed E-state index contributed by atoms with van der Waals surface area (Å²) in [6, 6.07) is 13.6. The van der Waals surface area contributed by atoms with Crippen LogP contribution in [0.15, 0.2) is 84.4 Å². The van der Waals surface area contributed by atoms with Gasteiger partial charge in [-0.3, -0.25) is 4.68 Å². The molecule has 15 heteroatoms. The Kier molecular flexibility index (Phi) is 7.40. The van der Waals surface area contributed by atoms with Crippen molar-refractivity contribution < 1.29 is 31.2 Å². The van der Waals surface area contributed by atoms with Crippen molar-refractivity contribution in [3.8, 4) is 17.3 Å². The summed E-state index contributed by atoms with van der Waals surface area (Å²) in [6.45, 7) is 1.69. The van der Waals surface area contributed by atoms with Gasteiger partial charge in [0.15, 0.2) is 0 Å². The Hall–Kier alpha value is -5.23. The predicted octanol–water partition coefficient (Wildman–Crippen LogP) is 4.85. The van der Waals surface area contributed by atoms with Crippen molar-refractivity contribution in [2.45, 2.75) is 30.5 Å². The van der Waals surface area contributed by atoms with Crippen LogP contribution in [0.1, 0.15) is 23.6 Å². The predicted molar refractivity (Wildman–Crippen MR) is 143 cm³/mol. The molecule has 0 amide bonds. The summed E-state index contributed by atoms with van der Waals surface area (Å²) in [7, 11) is -4.87. The number of fused-ring (bicyclic) bond motifs is 1. The van der Waals surface area contributed by atoms with Gasteiger partial charge in [-0.15, -0.1) is 0 Å². The summed E-state index contributed by atoms with van der Waals surface area (Å²) < 4.78 is 67.8. The zero-order chi connectivity index (χ0) is 30.1. The third-order valence-corrected chi connectivity index (χ3v) is 7.81. The molecule has 3 aromatic heterocycles. The van der Waals surface area contributed by atoms with Crippen molar-refractivity contribution in [3.05, 3.63) is 90.6 Å². The number of nitrogens with one attached hydrogen (secondary N) is 1. The molecule has 1 unspecified atom stereocenters. The maximum atomic E-state index is 13.6. The fourth-order valence-corrected chi connectivity index (χ4v) is 5.49. The van der Waals surface area contributed by atoms with E-state index in [1.165, 1.54) is 53.6 Å². The van der Waals surface area contributed by atoms with Gasteiger partial charge in [0.2, 0.25) is 0 Å². The largest absolute Gasteiger partial charge is 0.493 e. The van der Waals surface area contributed by atoms with E-state index in [0.717, 1.165) is 11.5 Å². The van der Waals surface area contributed by atoms with Crippen molar-refractivity contribution in [1.29, 1.82) is 5.26 Å². The topological polar surface area (TPSA) is 147 Å². The zero-order valence-electron chi connectivity index (χ0n) is 21.6. The van der Waals surface area contributed by atoms with E-state index < -0.39 is 33.1 Å². The van der Waals surface area contributed by atoms with E-state index in [2.05, 4.69) is 24.9 Å². The van der Waals surface area contributed by atoms with E-state index >= 15 is 0 Å². The summed E-state index contributed by atoms with van der Waals surface area (Å²) in [5, 5.41) is 14.7. The Morgan fingerprint density at radius 1 is 1.17 bits per heavy atom. The average molecular weight is 596 g/mol. The maximum Gasteiger partial charge on any atom is 0.493 e. The Bertz CT molecular complexity index is 1910. The van der Waals surface area contributed by atoms with Crippen molar-refractivity contribution in [2.24, 2.45) is 0 Å². The van der Waals surface area contributed by atoms with Crippen LogP contribution < -0.4 is 4.47 Å². The minimum Gasteiger partial charge on any atom is -0.346 e. The first kappa shape index (κ1) is 28.3. The van der Waals surface area contributed by atoms with Crippen LogP contribution in [0.2, 0.25) is 0 Å². The molecule has 1 N–H and O–H groups in total. The molecule has 0 bridgehead atoms. The van der Waals surface area contributed by atoms with Gasteiger partial charge in [-0.05, 0) is 42.8 Å². The zero-order valence-corrected chi connectivity index (χ0v) is 22.5. The number of nitrogens with zero attached hydrogens (tertiary/aromatic N) is 6. The number of aryl methyl sites for hydroxylation is 1. The first-order chi connectivity index (χ1) is 20.0. The molecule has 0 radical (unpaired) electrons. The van der Waals surface area contributed by atoms with Gasteiger partial charge in [0, 0.05) is 23.3 Å². The number of benzene rings is 2. The highest BCUT2D eigenvalue weighted by molar-refractivity contribution is 7.92. The van der Waals surface area contributed by atoms with Crippen LogP contribution >= 0.6 is 0 Å². The molecule has 0 saturated carbocycles. The first-order valence-electron chi connectivity index (χ1n) is 12.2. The summed E-state index contributed by atoms with van der Waals surface area (Å²) in [4.78, 5) is 27.1. The van der Waals surface area contributed by atoms with Crippen LogP contribution in [0, 0.1) is 18.3 Å². The molecule has 0 saturated heterocycles. The van der Waals surface area contributed by atoms with Gasteiger partial charge in [-0.25, -0.2) is 14.8 Å². The molecule has 5 aromatic rings. The van der Waals surface area contributed by atoms with Crippen molar-refractivity contribution in [1.82, 2.24) is 24.7 Å². The van der Waals surface area contributed by atoms with E-state index in [1.807, 2.05) is 6.07 Å². The molecule has 0 fully saturated rings. The minimum absolute atomic E-state index is 0.0655.